The van der Waals surface area contributed by atoms with Crippen molar-refractivity contribution in [2.24, 2.45) is 0 Å². The van der Waals surface area contributed by atoms with Crippen molar-refractivity contribution < 1.29 is 19.1 Å². The van der Waals surface area contributed by atoms with E-state index in [1.54, 1.807) is 13.1 Å². The highest BCUT2D eigenvalue weighted by Crippen LogP contribution is 2.06. The Morgan fingerprint density at radius 1 is 1.33 bits per heavy atom. The number of benzene rings is 1. The lowest BCUT2D eigenvalue weighted by molar-refractivity contribution is -0.177. The normalized spacial score (nSPS) is 12.5. The Balaban J connectivity index is 2.27. The zero-order chi connectivity index (χ0) is 17.6. The van der Waals surface area contributed by atoms with Crippen LogP contribution >= 0.6 is 11.8 Å². The van der Waals surface area contributed by atoms with Crippen LogP contribution in [-0.4, -0.2) is 50.0 Å². The highest BCUT2D eigenvalue weighted by molar-refractivity contribution is 7.98. The summed E-state index contributed by atoms with van der Waals surface area (Å²) in [6, 6.07) is 10.1. The quantitative estimate of drug-likeness (QED) is 0.250. The summed E-state index contributed by atoms with van der Waals surface area (Å²) < 4.78 is 11.2. The minimum atomic E-state index is -0.618. The van der Waals surface area contributed by atoms with Gasteiger partial charge in [-0.2, -0.15) is 0 Å². The van der Waals surface area contributed by atoms with E-state index >= 15 is 0 Å². The Kier molecular flexibility index (Phi) is 11.2. The van der Waals surface area contributed by atoms with Gasteiger partial charge >= 0.3 is 0 Å². The van der Waals surface area contributed by atoms with E-state index in [0.29, 0.717) is 19.2 Å². The van der Waals surface area contributed by atoms with E-state index in [0.717, 1.165) is 12.8 Å². The van der Waals surface area contributed by atoms with Crippen LogP contribution < -0.4 is 0 Å². The molecule has 0 saturated heterocycles. The number of carbonyl (C=O) groups excluding carboxylic acids is 1. The van der Waals surface area contributed by atoms with Crippen molar-refractivity contribution >= 4 is 17.7 Å². The van der Waals surface area contributed by atoms with E-state index in [4.69, 9.17) is 14.3 Å². The van der Waals surface area contributed by atoms with Gasteiger partial charge in [-0.05, 0) is 24.7 Å². The van der Waals surface area contributed by atoms with Crippen molar-refractivity contribution in [2.45, 2.75) is 25.6 Å². The van der Waals surface area contributed by atoms with Crippen LogP contribution in [0.15, 0.2) is 42.5 Å². The predicted octanol–water partition coefficient (Wildman–Crippen LogP) is 3.27. The summed E-state index contributed by atoms with van der Waals surface area (Å²) in [4.78, 5) is 17.0. The largest absolute Gasteiger partial charge is 0.377 e. The van der Waals surface area contributed by atoms with Crippen LogP contribution in [0.1, 0.15) is 18.4 Å². The number of rotatable bonds is 12. The predicted molar refractivity (Wildman–Crippen MR) is 97.5 cm³/mol. The number of likely N-dealkylation sites (N-methyl/N-ethyl adjacent to an activating group) is 1. The molecule has 0 unspecified atom stereocenters. The van der Waals surface area contributed by atoms with Gasteiger partial charge < -0.3 is 9.47 Å². The van der Waals surface area contributed by atoms with Gasteiger partial charge in [0.1, 0.15) is 0 Å². The number of hydroxylamine groups is 2. The van der Waals surface area contributed by atoms with E-state index < -0.39 is 6.10 Å². The molecule has 134 valence electrons. The minimum Gasteiger partial charge on any atom is -0.377 e. The van der Waals surface area contributed by atoms with Crippen molar-refractivity contribution in [1.82, 2.24) is 5.06 Å². The summed E-state index contributed by atoms with van der Waals surface area (Å²) in [7, 11) is 3.03. The first-order valence-corrected chi connectivity index (χ1v) is 9.29. The van der Waals surface area contributed by atoms with E-state index in [2.05, 4.69) is 0 Å². The topological polar surface area (TPSA) is 48.0 Å². The molecule has 6 heteroatoms. The molecule has 0 radical (unpaired) electrons. The summed E-state index contributed by atoms with van der Waals surface area (Å²) in [5, 5.41) is 1.18. The number of carbonyl (C=O) groups is 1. The Morgan fingerprint density at radius 3 is 2.75 bits per heavy atom. The lowest BCUT2D eigenvalue weighted by atomic mass is 10.2. The molecule has 1 aromatic carbocycles. The van der Waals surface area contributed by atoms with Gasteiger partial charge in [0.2, 0.25) is 0 Å². The number of thioether (sulfide) groups is 1. The first kappa shape index (κ1) is 20.7. The fourth-order valence-electron chi connectivity index (χ4n) is 1.91. The fraction of sp³-hybridized carbons (Fsp3) is 0.500. The van der Waals surface area contributed by atoms with Gasteiger partial charge in [-0.25, -0.2) is 5.06 Å². The molecule has 0 aliphatic carbocycles. The Hall–Kier alpha value is -1.34. The molecule has 1 aromatic rings. The number of ether oxygens (including phenoxy) is 2. The highest BCUT2D eigenvalue weighted by Gasteiger charge is 2.20. The zero-order valence-electron chi connectivity index (χ0n) is 14.6. The molecule has 0 fully saturated rings. The fourth-order valence-corrected chi connectivity index (χ4v) is 2.19. The van der Waals surface area contributed by atoms with Crippen molar-refractivity contribution in [2.75, 3.05) is 33.0 Å². The number of amides is 1. The molecule has 0 heterocycles. The summed E-state index contributed by atoms with van der Waals surface area (Å²) in [6.07, 6.45) is 6.77. The van der Waals surface area contributed by atoms with Gasteiger partial charge in [-0.1, -0.05) is 42.5 Å². The third-order valence-corrected chi connectivity index (χ3v) is 3.65. The molecule has 0 aliphatic rings. The molecule has 0 aliphatic heterocycles. The SMILES string of the molecule is CON(C)C(=O)[C@H](/C=C/CCCOCc1ccccc1)OCSC. The number of allylic oxidation sites excluding steroid dienone is 1. The van der Waals surface area contributed by atoms with Crippen molar-refractivity contribution in [3.63, 3.8) is 0 Å². The van der Waals surface area contributed by atoms with E-state index in [-0.39, 0.29) is 5.91 Å². The first-order valence-electron chi connectivity index (χ1n) is 7.89. The number of unbranched alkanes of at least 4 members (excludes halogenated alkanes) is 1. The molecule has 1 rings (SSSR count). The van der Waals surface area contributed by atoms with Crippen LogP contribution in [0.4, 0.5) is 0 Å². The van der Waals surface area contributed by atoms with Crippen LogP contribution in [0.2, 0.25) is 0 Å². The first-order chi connectivity index (χ1) is 11.7. The van der Waals surface area contributed by atoms with Crippen molar-refractivity contribution in [3.8, 4) is 0 Å². The molecule has 0 saturated carbocycles. The minimum absolute atomic E-state index is 0.219. The van der Waals surface area contributed by atoms with Gasteiger partial charge in [-0.3, -0.25) is 9.63 Å². The molecule has 0 bridgehead atoms. The summed E-state index contributed by atoms with van der Waals surface area (Å²) >= 11 is 1.53. The Labute approximate surface area is 148 Å². The van der Waals surface area contributed by atoms with Crippen LogP contribution in [0.3, 0.4) is 0 Å². The maximum atomic E-state index is 12.1. The lowest BCUT2D eigenvalue weighted by Gasteiger charge is -2.19. The lowest BCUT2D eigenvalue weighted by Crippen LogP contribution is -2.36. The summed E-state index contributed by atoms with van der Waals surface area (Å²) in [5.41, 5.74) is 1.17. The second kappa shape index (κ2) is 13.0. The average Bonchev–Trinajstić information content (AvgIpc) is 2.63. The molecular weight excluding hydrogens is 326 g/mol. The van der Waals surface area contributed by atoms with Gasteiger partial charge in [0.25, 0.3) is 5.91 Å². The van der Waals surface area contributed by atoms with Crippen LogP contribution in [0, 0.1) is 0 Å². The number of hydrogen-bond donors (Lipinski definition) is 0. The maximum Gasteiger partial charge on any atom is 0.278 e. The zero-order valence-corrected chi connectivity index (χ0v) is 15.5. The third kappa shape index (κ3) is 8.49. The molecule has 0 spiro atoms. The van der Waals surface area contributed by atoms with E-state index in [1.165, 1.54) is 29.5 Å². The van der Waals surface area contributed by atoms with Crippen LogP contribution in [0.5, 0.6) is 0 Å². The van der Waals surface area contributed by atoms with Gasteiger partial charge in [0.05, 0.1) is 19.7 Å². The summed E-state index contributed by atoms with van der Waals surface area (Å²) in [6.45, 7) is 1.31. The molecule has 0 N–H and O–H groups in total. The highest BCUT2D eigenvalue weighted by atomic mass is 32.2. The Morgan fingerprint density at radius 2 is 2.08 bits per heavy atom. The van der Waals surface area contributed by atoms with Gasteiger partial charge in [0.15, 0.2) is 6.10 Å². The molecule has 0 aromatic heterocycles. The third-order valence-electron chi connectivity index (χ3n) is 3.27. The molecule has 5 nitrogen and oxygen atoms in total. The van der Waals surface area contributed by atoms with E-state index in [9.17, 15) is 4.79 Å². The van der Waals surface area contributed by atoms with E-state index in [1.807, 2.05) is 42.7 Å². The van der Waals surface area contributed by atoms with Crippen molar-refractivity contribution in [3.05, 3.63) is 48.0 Å². The second-order valence-electron chi connectivity index (χ2n) is 5.12. The monoisotopic (exact) mass is 353 g/mol. The number of hydrogen-bond acceptors (Lipinski definition) is 5. The van der Waals surface area contributed by atoms with Crippen molar-refractivity contribution in [1.29, 1.82) is 0 Å². The molecular formula is C18H27NO4S. The average molecular weight is 353 g/mol. The Bertz CT molecular complexity index is 481. The maximum absolute atomic E-state index is 12.1. The van der Waals surface area contributed by atoms with Gasteiger partial charge in [0, 0.05) is 13.7 Å². The molecule has 24 heavy (non-hydrogen) atoms. The smallest absolute Gasteiger partial charge is 0.278 e. The molecule has 1 amide bonds. The summed E-state index contributed by atoms with van der Waals surface area (Å²) in [5.74, 6) is 0.238. The van der Waals surface area contributed by atoms with Gasteiger partial charge in [-0.15, -0.1) is 11.8 Å². The molecule has 1 atom stereocenters. The van der Waals surface area contributed by atoms with Crippen LogP contribution in [-0.2, 0) is 25.7 Å². The number of nitrogens with zero attached hydrogens (tertiary/aromatic N) is 1. The second-order valence-corrected chi connectivity index (χ2v) is 5.93. The standard InChI is InChI=1S/C18H27NO4S/c1-19(21-2)18(20)17(23-15-24-3)12-8-5-9-13-22-14-16-10-6-4-7-11-16/h4,6-8,10-12,17H,5,9,13-15H2,1-3H3/b12-8+/t17-/m0/s1. The van der Waals surface area contributed by atoms with Crippen LogP contribution in [0.25, 0.3) is 0 Å².